The summed E-state index contributed by atoms with van der Waals surface area (Å²) in [6.45, 7) is 2.32. The Morgan fingerprint density at radius 3 is 2.61 bits per heavy atom. The maximum Gasteiger partial charge on any atom is 0.0294 e. The molecule has 96 valence electrons. The lowest BCUT2D eigenvalue weighted by Crippen LogP contribution is -2.53. The Hall–Kier alpha value is -0.820. The van der Waals surface area contributed by atoms with Crippen molar-refractivity contribution < 1.29 is 0 Å². The highest BCUT2D eigenvalue weighted by atomic mass is 15.0. The van der Waals surface area contributed by atoms with E-state index in [9.17, 15) is 0 Å². The van der Waals surface area contributed by atoms with Gasteiger partial charge in [-0.25, -0.2) is 0 Å². The Labute approximate surface area is 110 Å². The zero-order valence-electron chi connectivity index (χ0n) is 11.2. The highest BCUT2D eigenvalue weighted by Crippen LogP contribution is 2.61. The standard InChI is InChI=1S/C17H23N/c1-11(12-5-3-2-4-6-12)18-16-10-15-13-7-8-14(9-13)17(15)16/h2-6,11,13-18H,7-10H2,1H3/t11?,13?,14?,15-,16-,17+/m0/s1. The van der Waals surface area contributed by atoms with Crippen molar-refractivity contribution in [1.29, 1.82) is 0 Å². The first kappa shape index (κ1) is 11.0. The van der Waals surface area contributed by atoms with Crippen LogP contribution in [0, 0.1) is 23.7 Å². The first-order valence-corrected chi connectivity index (χ1v) is 7.64. The third-order valence-corrected chi connectivity index (χ3v) is 5.91. The molecule has 3 fully saturated rings. The number of hydrogen-bond acceptors (Lipinski definition) is 1. The quantitative estimate of drug-likeness (QED) is 0.849. The zero-order valence-corrected chi connectivity index (χ0v) is 11.2. The van der Waals surface area contributed by atoms with Crippen LogP contribution >= 0.6 is 0 Å². The van der Waals surface area contributed by atoms with Crippen molar-refractivity contribution in [2.75, 3.05) is 0 Å². The van der Waals surface area contributed by atoms with Crippen molar-refractivity contribution in [3.8, 4) is 0 Å². The van der Waals surface area contributed by atoms with Crippen molar-refractivity contribution in [3.63, 3.8) is 0 Å². The van der Waals surface area contributed by atoms with Gasteiger partial charge < -0.3 is 5.32 Å². The molecule has 4 rings (SSSR count). The Kier molecular flexibility index (Phi) is 2.51. The van der Waals surface area contributed by atoms with Crippen LogP contribution in [0.5, 0.6) is 0 Å². The molecular weight excluding hydrogens is 218 g/mol. The molecule has 2 bridgehead atoms. The summed E-state index contributed by atoms with van der Waals surface area (Å²) in [5.41, 5.74) is 1.43. The van der Waals surface area contributed by atoms with Gasteiger partial charge in [0.15, 0.2) is 0 Å². The SMILES string of the molecule is CC(N[C@H]1C[C@H]2C3CCC(C3)[C@@H]12)c1ccccc1. The van der Waals surface area contributed by atoms with E-state index >= 15 is 0 Å². The second-order valence-electron chi connectivity index (χ2n) is 6.72. The van der Waals surface area contributed by atoms with Crippen molar-refractivity contribution in [2.45, 2.75) is 44.7 Å². The van der Waals surface area contributed by atoms with Crippen molar-refractivity contribution in [2.24, 2.45) is 23.7 Å². The molecule has 0 amide bonds. The van der Waals surface area contributed by atoms with E-state index in [0.717, 1.165) is 29.7 Å². The summed E-state index contributed by atoms with van der Waals surface area (Å²) in [5, 5.41) is 3.89. The molecule has 0 aliphatic heterocycles. The lowest BCUT2D eigenvalue weighted by Gasteiger charge is -2.49. The molecule has 3 aliphatic carbocycles. The second kappa shape index (κ2) is 4.09. The Morgan fingerprint density at radius 2 is 1.83 bits per heavy atom. The first-order valence-electron chi connectivity index (χ1n) is 7.64. The Bertz CT molecular complexity index is 424. The number of fused-ring (bicyclic) bond motifs is 5. The van der Waals surface area contributed by atoms with Crippen LogP contribution in [0.1, 0.15) is 44.2 Å². The Balaban J connectivity index is 1.42. The van der Waals surface area contributed by atoms with Gasteiger partial charge in [-0.2, -0.15) is 0 Å². The van der Waals surface area contributed by atoms with Gasteiger partial charge in [-0.05, 0) is 61.8 Å². The van der Waals surface area contributed by atoms with Crippen LogP contribution in [-0.4, -0.2) is 6.04 Å². The van der Waals surface area contributed by atoms with Gasteiger partial charge in [0.2, 0.25) is 0 Å². The third kappa shape index (κ3) is 1.56. The fourth-order valence-electron chi connectivity index (χ4n) is 5.02. The van der Waals surface area contributed by atoms with Gasteiger partial charge >= 0.3 is 0 Å². The van der Waals surface area contributed by atoms with Crippen LogP contribution < -0.4 is 5.32 Å². The van der Waals surface area contributed by atoms with Gasteiger partial charge in [0.05, 0.1) is 0 Å². The number of nitrogens with one attached hydrogen (secondary N) is 1. The maximum atomic E-state index is 3.89. The van der Waals surface area contributed by atoms with Crippen LogP contribution in [-0.2, 0) is 0 Å². The molecule has 18 heavy (non-hydrogen) atoms. The highest BCUT2D eigenvalue weighted by molar-refractivity contribution is 5.19. The fraction of sp³-hybridized carbons (Fsp3) is 0.647. The lowest BCUT2D eigenvalue weighted by molar-refractivity contribution is 0.0438. The minimum absolute atomic E-state index is 0.510. The lowest BCUT2D eigenvalue weighted by atomic mass is 9.62. The van der Waals surface area contributed by atoms with Crippen molar-refractivity contribution >= 4 is 0 Å². The highest BCUT2D eigenvalue weighted by Gasteiger charge is 2.56. The molecule has 3 aliphatic rings. The van der Waals surface area contributed by atoms with Gasteiger partial charge in [-0.1, -0.05) is 30.3 Å². The molecule has 0 spiro atoms. The minimum Gasteiger partial charge on any atom is -0.307 e. The largest absolute Gasteiger partial charge is 0.307 e. The van der Waals surface area contributed by atoms with Crippen molar-refractivity contribution in [3.05, 3.63) is 35.9 Å². The molecule has 0 heterocycles. The number of benzene rings is 1. The summed E-state index contributed by atoms with van der Waals surface area (Å²) in [7, 11) is 0. The molecule has 0 saturated heterocycles. The van der Waals surface area contributed by atoms with Crippen LogP contribution in [0.25, 0.3) is 0 Å². The predicted octanol–water partition coefficient (Wildman–Crippen LogP) is 3.77. The van der Waals surface area contributed by atoms with Crippen LogP contribution in [0.4, 0.5) is 0 Å². The molecule has 1 aromatic rings. The van der Waals surface area contributed by atoms with Gasteiger partial charge in [0.1, 0.15) is 0 Å². The van der Waals surface area contributed by atoms with Crippen LogP contribution in [0.2, 0.25) is 0 Å². The number of hydrogen-bond donors (Lipinski definition) is 1. The van der Waals surface area contributed by atoms with E-state index in [1.807, 2.05) is 0 Å². The summed E-state index contributed by atoms with van der Waals surface area (Å²) in [4.78, 5) is 0. The molecule has 1 aromatic carbocycles. The van der Waals surface area contributed by atoms with E-state index in [1.165, 1.54) is 24.8 Å². The summed E-state index contributed by atoms with van der Waals surface area (Å²) in [6.07, 6.45) is 6.05. The van der Waals surface area contributed by atoms with Gasteiger partial charge in [-0.3, -0.25) is 0 Å². The topological polar surface area (TPSA) is 12.0 Å². The third-order valence-electron chi connectivity index (χ3n) is 5.91. The molecule has 1 nitrogen and oxygen atoms in total. The smallest absolute Gasteiger partial charge is 0.0294 e. The molecule has 0 aromatic heterocycles. The average molecular weight is 241 g/mol. The molecule has 0 radical (unpaired) electrons. The monoisotopic (exact) mass is 241 g/mol. The summed E-state index contributed by atoms with van der Waals surface area (Å²) >= 11 is 0. The van der Waals surface area contributed by atoms with Gasteiger partial charge in [0, 0.05) is 12.1 Å². The second-order valence-corrected chi connectivity index (χ2v) is 6.72. The molecule has 3 saturated carbocycles. The zero-order chi connectivity index (χ0) is 12.1. The first-order chi connectivity index (χ1) is 8.83. The average Bonchev–Trinajstić information content (AvgIpc) is 2.93. The normalized spacial score (nSPS) is 42.4. The molecule has 3 unspecified atom stereocenters. The summed E-state index contributed by atoms with van der Waals surface area (Å²) in [5.74, 6) is 4.28. The van der Waals surface area contributed by atoms with E-state index in [4.69, 9.17) is 0 Å². The summed E-state index contributed by atoms with van der Waals surface area (Å²) < 4.78 is 0. The predicted molar refractivity (Wildman–Crippen MR) is 74.2 cm³/mol. The van der Waals surface area contributed by atoms with E-state index in [-0.39, 0.29) is 0 Å². The van der Waals surface area contributed by atoms with E-state index < -0.39 is 0 Å². The van der Waals surface area contributed by atoms with Gasteiger partial charge in [0.25, 0.3) is 0 Å². The minimum atomic E-state index is 0.510. The van der Waals surface area contributed by atoms with E-state index in [0.29, 0.717) is 6.04 Å². The molecule has 1 heteroatoms. The van der Waals surface area contributed by atoms with Crippen LogP contribution in [0.3, 0.4) is 0 Å². The van der Waals surface area contributed by atoms with E-state index in [1.54, 1.807) is 6.42 Å². The van der Waals surface area contributed by atoms with Crippen molar-refractivity contribution in [1.82, 2.24) is 5.32 Å². The van der Waals surface area contributed by atoms with E-state index in [2.05, 4.69) is 42.6 Å². The molecule has 1 N–H and O–H groups in total. The number of rotatable bonds is 3. The van der Waals surface area contributed by atoms with Crippen LogP contribution in [0.15, 0.2) is 30.3 Å². The molecule has 6 atom stereocenters. The summed E-state index contributed by atoms with van der Waals surface area (Å²) in [6, 6.07) is 12.2. The van der Waals surface area contributed by atoms with Gasteiger partial charge in [-0.15, -0.1) is 0 Å². The fourth-order valence-corrected chi connectivity index (χ4v) is 5.02. The Morgan fingerprint density at radius 1 is 1.06 bits per heavy atom. The maximum absolute atomic E-state index is 3.89. The molecular formula is C17H23N.